The molecule has 0 unspecified atom stereocenters. The van der Waals surface area contributed by atoms with Crippen molar-refractivity contribution in [3.63, 3.8) is 0 Å². The number of hydrogen-bond acceptors (Lipinski definition) is 3. The van der Waals surface area contributed by atoms with Crippen LogP contribution < -0.4 is 15.0 Å². The van der Waals surface area contributed by atoms with Gasteiger partial charge in [0.2, 0.25) is 0 Å². The highest BCUT2D eigenvalue weighted by Crippen LogP contribution is 2.30. The molecular formula is C19H12I2N2O3. The molecule has 0 aliphatic carbocycles. The van der Waals surface area contributed by atoms with Gasteiger partial charge in [0, 0.05) is 0 Å². The van der Waals surface area contributed by atoms with E-state index in [2.05, 4.69) is 56.4 Å². The van der Waals surface area contributed by atoms with E-state index in [1.807, 2.05) is 18.2 Å². The molecule has 0 spiro atoms. The van der Waals surface area contributed by atoms with Gasteiger partial charge in [-0.2, -0.15) is 0 Å². The Kier molecular flexibility index (Phi) is 5.83. The topological polar surface area (TPSA) is 58.6 Å². The van der Waals surface area contributed by atoms with Crippen LogP contribution in [0, 0.1) is 19.5 Å². The van der Waals surface area contributed by atoms with Gasteiger partial charge in [-0.05, 0) is 81.1 Å². The van der Waals surface area contributed by atoms with E-state index in [1.54, 1.807) is 30.3 Å². The Balaban J connectivity index is 1.90. The van der Waals surface area contributed by atoms with E-state index in [9.17, 15) is 9.59 Å². The van der Waals surface area contributed by atoms with Gasteiger partial charge in [0.1, 0.15) is 18.1 Å². The van der Waals surface area contributed by atoms with Crippen LogP contribution >= 0.6 is 45.2 Å². The summed E-state index contributed by atoms with van der Waals surface area (Å²) in [6, 6.07) is 12.1. The van der Waals surface area contributed by atoms with Crippen LogP contribution in [0.4, 0.5) is 10.5 Å². The maximum absolute atomic E-state index is 12.6. The lowest BCUT2D eigenvalue weighted by atomic mass is 10.2. The molecule has 0 saturated carbocycles. The van der Waals surface area contributed by atoms with E-state index in [4.69, 9.17) is 11.2 Å². The van der Waals surface area contributed by atoms with Crippen LogP contribution in [-0.4, -0.2) is 18.5 Å². The van der Waals surface area contributed by atoms with Crippen molar-refractivity contribution in [2.24, 2.45) is 0 Å². The zero-order chi connectivity index (χ0) is 18.7. The quantitative estimate of drug-likeness (QED) is 0.262. The van der Waals surface area contributed by atoms with Crippen molar-refractivity contribution in [1.82, 2.24) is 5.32 Å². The average Bonchev–Trinajstić information content (AvgIpc) is 2.88. The molecule has 0 bridgehead atoms. The number of carbonyl (C=O) groups excluding carboxylic acids is 2. The second-order valence-corrected chi connectivity index (χ2v) is 7.60. The zero-order valence-corrected chi connectivity index (χ0v) is 17.6. The minimum Gasteiger partial charge on any atom is -0.479 e. The summed E-state index contributed by atoms with van der Waals surface area (Å²) in [4.78, 5) is 25.9. The largest absolute Gasteiger partial charge is 0.479 e. The number of carbonyl (C=O) groups is 2. The summed E-state index contributed by atoms with van der Waals surface area (Å²) in [5, 5.41) is 2.62. The summed E-state index contributed by atoms with van der Waals surface area (Å²) in [5.74, 6) is 2.75. The number of para-hydroxylation sites is 1. The van der Waals surface area contributed by atoms with Gasteiger partial charge in [-0.1, -0.05) is 24.1 Å². The van der Waals surface area contributed by atoms with Crippen molar-refractivity contribution in [3.8, 4) is 18.1 Å². The van der Waals surface area contributed by atoms with Gasteiger partial charge in [0.15, 0.2) is 0 Å². The van der Waals surface area contributed by atoms with Crippen LogP contribution in [0.15, 0.2) is 48.2 Å². The van der Waals surface area contributed by atoms with Crippen molar-refractivity contribution < 1.29 is 14.3 Å². The number of anilines is 1. The van der Waals surface area contributed by atoms with Crippen LogP contribution in [0.2, 0.25) is 0 Å². The molecule has 1 heterocycles. The fourth-order valence-electron chi connectivity index (χ4n) is 2.43. The Labute approximate surface area is 178 Å². The lowest BCUT2D eigenvalue weighted by molar-refractivity contribution is -0.113. The highest BCUT2D eigenvalue weighted by molar-refractivity contribution is 14.1. The molecule has 1 N–H and O–H groups in total. The molecule has 3 rings (SSSR count). The van der Waals surface area contributed by atoms with E-state index in [-0.39, 0.29) is 18.2 Å². The Bertz CT molecular complexity index is 926. The zero-order valence-electron chi connectivity index (χ0n) is 13.3. The highest BCUT2D eigenvalue weighted by atomic mass is 127. The van der Waals surface area contributed by atoms with E-state index in [0.717, 1.165) is 17.6 Å². The number of halogens is 2. The van der Waals surface area contributed by atoms with Crippen molar-refractivity contribution in [2.75, 3.05) is 11.5 Å². The third-order valence-corrected chi connectivity index (χ3v) is 5.13. The van der Waals surface area contributed by atoms with Crippen LogP contribution in [-0.2, 0) is 4.79 Å². The fourth-order valence-corrected chi connectivity index (χ4v) is 4.56. The number of nitrogens with zero attached hydrogens (tertiary/aromatic N) is 1. The first kappa shape index (κ1) is 18.7. The normalized spacial score (nSPS) is 15.1. The van der Waals surface area contributed by atoms with Gasteiger partial charge in [-0.25, -0.2) is 9.69 Å². The van der Waals surface area contributed by atoms with Crippen molar-refractivity contribution in [3.05, 3.63) is 60.9 Å². The molecule has 2 aromatic carbocycles. The number of rotatable bonds is 4. The fraction of sp³-hybridized carbons (Fsp3) is 0.0526. The van der Waals surface area contributed by atoms with Gasteiger partial charge < -0.3 is 10.1 Å². The predicted molar refractivity (Wildman–Crippen MR) is 117 cm³/mol. The predicted octanol–water partition coefficient (Wildman–Crippen LogP) is 4.01. The Morgan fingerprint density at radius 1 is 1.15 bits per heavy atom. The maximum Gasteiger partial charge on any atom is 0.333 e. The van der Waals surface area contributed by atoms with E-state index < -0.39 is 6.03 Å². The first-order chi connectivity index (χ1) is 12.5. The minimum atomic E-state index is -0.467. The van der Waals surface area contributed by atoms with Gasteiger partial charge in [0.05, 0.1) is 12.8 Å². The lowest BCUT2D eigenvalue weighted by Crippen LogP contribution is -2.30. The molecule has 1 saturated heterocycles. The number of terminal acetylenes is 1. The first-order valence-corrected chi connectivity index (χ1v) is 9.64. The number of imide groups is 1. The molecule has 2 aromatic rings. The van der Waals surface area contributed by atoms with E-state index in [0.29, 0.717) is 11.4 Å². The molecule has 0 aromatic heterocycles. The van der Waals surface area contributed by atoms with Crippen LogP contribution in [0.25, 0.3) is 6.08 Å². The molecule has 7 heteroatoms. The van der Waals surface area contributed by atoms with Gasteiger partial charge in [0.25, 0.3) is 5.91 Å². The summed E-state index contributed by atoms with van der Waals surface area (Å²) < 4.78 is 7.28. The average molecular weight is 570 g/mol. The third kappa shape index (κ3) is 3.86. The molecule has 5 nitrogen and oxygen atoms in total. The van der Waals surface area contributed by atoms with Gasteiger partial charge in [-0.3, -0.25) is 4.79 Å². The van der Waals surface area contributed by atoms with Crippen molar-refractivity contribution in [2.45, 2.75) is 0 Å². The minimum absolute atomic E-state index is 0.188. The van der Waals surface area contributed by atoms with Crippen LogP contribution in [0.1, 0.15) is 5.56 Å². The molecular weight excluding hydrogens is 558 g/mol. The third-order valence-electron chi connectivity index (χ3n) is 3.52. The smallest absolute Gasteiger partial charge is 0.333 e. The molecule has 0 atom stereocenters. The molecule has 1 aliphatic heterocycles. The molecule has 26 heavy (non-hydrogen) atoms. The van der Waals surface area contributed by atoms with E-state index >= 15 is 0 Å². The SMILES string of the molecule is C#CCOc1c(I)cc(/C=C2/NC(=O)N(c3ccccc3)C2=O)cc1I. The summed E-state index contributed by atoms with van der Waals surface area (Å²) >= 11 is 4.30. The van der Waals surface area contributed by atoms with Crippen molar-refractivity contribution >= 4 is 68.9 Å². The number of nitrogens with one attached hydrogen (secondary N) is 1. The summed E-state index contributed by atoms with van der Waals surface area (Å²) in [7, 11) is 0. The number of urea groups is 1. The molecule has 130 valence electrons. The Morgan fingerprint density at radius 3 is 2.42 bits per heavy atom. The van der Waals surface area contributed by atoms with Gasteiger partial charge >= 0.3 is 6.03 Å². The van der Waals surface area contributed by atoms with Crippen molar-refractivity contribution in [1.29, 1.82) is 0 Å². The second-order valence-electron chi connectivity index (χ2n) is 5.27. The van der Waals surface area contributed by atoms with Crippen LogP contribution in [0.5, 0.6) is 5.75 Å². The number of amides is 3. The van der Waals surface area contributed by atoms with Crippen LogP contribution in [0.3, 0.4) is 0 Å². The summed E-state index contributed by atoms with van der Waals surface area (Å²) in [6.07, 6.45) is 6.88. The maximum atomic E-state index is 12.6. The molecule has 3 amide bonds. The summed E-state index contributed by atoms with van der Waals surface area (Å²) in [6.45, 7) is 0.188. The first-order valence-electron chi connectivity index (χ1n) is 7.48. The second kappa shape index (κ2) is 8.09. The van der Waals surface area contributed by atoms with E-state index in [1.165, 1.54) is 0 Å². The highest BCUT2D eigenvalue weighted by Gasteiger charge is 2.34. The molecule has 1 aliphatic rings. The number of hydrogen-bond donors (Lipinski definition) is 1. The number of benzene rings is 2. The monoisotopic (exact) mass is 570 g/mol. The van der Waals surface area contributed by atoms with Gasteiger partial charge in [-0.15, -0.1) is 6.42 Å². The molecule has 0 radical (unpaired) electrons. The Hall–Kier alpha value is -2.06. The lowest BCUT2D eigenvalue weighted by Gasteiger charge is -2.11. The molecule has 1 fully saturated rings. The number of ether oxygens (including phenoxy) is 1. The Morgan fingerprint density at radius 2 is 1.81 bits per heavy atom. The summed E-state index contributed by atoms with van der Waals surface area (Å²) in [5.41, 5.74) is 1.54. The standard InChI is InChI=1S/C19H12I2N2O3/c1-2-8-26-17-14(20)9-12(10-15(17)21)11-16-18(24)23(19(25)22-16)13-6-4-3-5-7-13/h1,3-7,9-11H,8H2,(H,22,25)/b16-11+.